The van der Waals surface area contributed by atoms with Gasteiger partial charge in [0.25, 0.3) is 7.28 Å². The zero-order valence-electron chi connectivity index (χ0n) is 12.4. The molecule has 0 aliphatic rings. The topological polar surface area (TPSA) is 58.2 Å². The van der Waals surface area contributed by atoms with Gasteiger partial charge in [0.1, 0.15) is 0 Å². The van der Waals surface area contributed by atoms with Gasteiger partial charge in [0.2, 0.25) is 7.85 Å². The number of hydrogen-bond acceptors (Lipinski definition) is 2. The molecule has 0 atom stereocenters. The van der Waals surface area contributed by atoms with Gasteiger partial charge >= 0.3 is 0 Å². The molecule has 0 saturated carbocycles. The number of benzene rings is 2. The minimum absolute atomic E-state index is 0.174. The molecule has 0 fully saturated rings. The Kier molecular flexibility index (Phi) is 6.29. The minimum atomic E-state index is -0.556. The highest BCUT2D eigenvalue weighted by molar-refractivity contribution is 6.83. The number of carbonyl (C=O) groups excluding carboxylic acids is 2. The minimum Gasteiger partial charge on any atom is -0.362 e. The molecule has 0 bridgehead atoms. The smallest absolute Gasteiger partial charge is 0.271 e. The molecule has 4 nitrogen and oxygen atoms in total. The second kappa shape index (κ2) is 8.44. The van der Waals surface area contributed by atoms with Crippen molar-refractivity contribution < 1.29 is 9.59 Å². The van der Waals surface area contributed by atoms with Gasteiger partial charge in [-0.2, -0.15) is 0 Å². The van der Waals surface area contributed by atoms with E-state index in [-0.39, 0.29) is 5.81 Å². The van der Waals surface area contributed by atoms with Crippen molar-refractivity contribution in [3.8, 4) is 0 Å². The van der Waals surface area contributed by atoms with Crippen LogP contribution in [-0.4, -0.2) is 26.7 Å². The van der Waals surface area contributed by atoms with Crippen LogP contribution in [0.3, 0.4) is 0 Å². The largest absolute Gasteiger partial charge is 0.362 e. The van der Waals surface area contributed by atoms with Crippen molar-refractivity contribution in [2.24, 2.45) is 0 Å². The molecular formula is C16H14B2ClN2O2. The highest BCUT2D eigenvalue weighted by Crippen LogP contribution is 2.05. The van der Waals surface area contributed by atoms with Crippen molar-refractivity contribution >= 4 is 43.8 Å². The van der Waals surface area contributed by atoms with Gasteiger partial charge in [-0.15, -0.1) is 0 Å². The maximum Gasteiger partial charge on any atom is 0.271 e. The lowest BCUT2D eigenvalue weighted by atomic mass is 9.69. The molecule has 3 radical (unpaired) electrons. The normalized spacial score (nSPS) is 9.96. The van der Waals surface area contributed by atoms with E-state index in [1.54, 1.807) is 24.3 Å². The van der Waals surface area contributed by atoms with Gasteiger partial charge < -0.3 is 10.6 Å². The Bertz CT molecular complexity index is 675. The van der Waals surface area contributed by atoms with Crippen LogP contribution in [0.25, 0.3) is 0 Å². The van der Waals surface area contributed by atoms with Crippen LogP contribution in [-0.2, 0) is 13.1 Å². The quantitative estimate of drug-likeness (QED) is 0.799. The molecular weight excluding hydrogens is 309 g/mol. The third kappa shape index (κ3) is 6.20. The molecule has 0 aliphatic heterocycles. The first kappa shape index (κ1) is 17.2. The molecule has 2 amide bonds. The van der Waals surface area contributed by atoms with E-state index in [2.05, 4.69) is 10.6 Å². The summed E-state index contributed by atoms with van der Waals surface area (Å²) in [6.45, 7) is 0.804. The molecule has 0 heterocycles. The lowest BCUT2D eigenvalue weighted by Crippen LogP contribution is -2.33. The Hall–Kier alpha value is -2.20. The van der Waals surface area contributed by atoms with E-state index >= 15 is 0 Å². The number of hydrogen-bond donors (Lipinski definition) is 2. The van der Waals surface area contributed by atoms with Crippen LogP contribution in [0.1, 0.15) is 11.1 Å². The Morgan fingerprint density at radius 3 is 1.96 bits per heavy atom. The molecule has 0 aromatic heterocycles. The number of amides is 2. The van der Waals surface area contributed by atoms with E-state index < -0.39 is 5.81 Å². The zero-order valence-corrected chi connectivity index (χ0v) is 13.1. The van der Waals surface area contributed by atoms with Crippen LogP contribution >= 0.6 is 11.6 Å². The van der Waals surface area contributed by atoms with Gasteiger partial charge in [0.15, 0.2) is 11.6 Å². The van der Waals surface area contributed by atoms with E-state index in [9.17, 15) is 9.59 Å². The van der Waals surface area contributed by atoms with Crippen LogP contribution in [0.15, 0.2) is 48.5 Å². The maximum absolute atomic E-state index is 11.9. The Balaban J connectivity index is 1.79. The van der Waals surface area contributed by atoms with Crippen molar-refractivity contribution in [3.05, 3.63) is 64.7 Å². The van der Waals surface area contributed by atoms with Crippen molar-refractivity contribution in [2.45, 2.75) is 13.1 Å². The van der Waals surface area contributed by atoms with Gasteiger partial charge in [-0.3, -0.25) is 9.59 Å². The van der Waals surface area contributed by atoms with Crippen molar-refractivity contribution in [1.82, 2.24) is 10.6 Å². The highest BCUT2D eigenvalue weighted by atomic mass is 35.5. The lowest BCUT2D eigenvalue weighted by molar-refractivity contribution is 0.258. The molecule has 2 rings (SSSR count). The standard InChI is InChI=1S/C16H14B2ClN2O2/c17-15(22)20-9-11-1-3-12(4-2-11)10-21-16(23)18-13-5-7-14(19)8-6-13/h1-8H,9-10H2,(H,20,22)(H,21,23). The summed E-state index contributed by atoms with van der Waals surface area (Å²) in [5.74, 6) is -0.731. The van der Waals surface area contributed by atoms with E-state index in [1.807, 2.05) is 24.3 Å². The Labute approximate surface area is 142 Å². The molecule has 23 heavy (non-hydrogen) atoms. The van der Waals surface area contributed by atoms with Gasteiger partial charge in [0, 0.05) is 18.1 Å². The predicted molar refractivity (Wildman–Crippen MR) is 93.5 cm³/mol. The molecule has 0 aliphatic carbocycles. The monoisotopic (exact) mass is 323 g/mol. The van der Waals surface area contributed by atoms with E-state index in [0.717, 1.165) is 16.6 Å². The van der Waals surface area contributed by atoms with Crippen molar-refractivity contribution in [1.29, 1.82) is 0 Å². The van der Waals surface area contributed by atoms with E-state index in [0.29, 0.717) is 18.1 Å². The first-order valence-corrected chi connectivity index (χ1v) is 7.40. The van der Waals surface area contributed by atoms with E-state index in [4.69, 9.17) is 19.4 Å². The predicted octanol–water partition coefficient (Wildman–Crippen LogP) is 1.96. The molecule has 2 aromatic carbocycles. The average molecular weight is 323 g/mol. The van der Waals surface area contributed by atoms with Crippen LogP contribution < -0.4 is 16.1 Å². The third-order valence-corrected chi connectivity index (χ3v) is 3.38. The fraction of sp³-hybridized carbons (Fsp3) is 0.125. The van der Waals surface area contributed by atoms with Crippen LogP contribution in [0.5, 0.6) is 0 Å². The van der Waals surface area contributed by atoms with Crippen LogP contribution in [0, 0.1) is 0 Å². The number of halogens is 1. The number of rotatable bonds is 6. The lowest BCUT2D eigenvalue weighted by Gasteiger charge is -2.07. The molecule has 0 unspecified atom stereocenters. The second-order valence-corrected chi connectivity index (χ2v) is 5.38. The zero-order chi connectivity index (χ0) is 16.7. The summed E-state index contributed by atoms with van der Waals surface area (Å²) in [7, 11) is 6.53. The molecule has 113 valence electrons. The molecule has 2 aromatic rings. The fourth-order valence-corrected chi connectivity index (χ4v) is 2.04. The highest BCUT2D eigenvalue weighted by Gasteiger charge is 2.06. The first-order valence-electron chi connectivity index (χ1n) is 7.02. The van der Waals surface area contributed by atoms with Crippen molar-refractivity contribution in [3.63, 3.8) is 0 Å². The third-order valence-electron chi connectivity index (χ3n) is 3.12. The summed E-state index contributed by atoms with van der Waals surface area (Å²) in [5, 5.41) is 5.96. The Morgan fingerprint density at radius 1 is 0.913 bits per heavy atom. The summed E-state index contributed by atoms with van der Waals surface area (Å²) in [6.07, 6.45) is 0. The van der Waals surface area contributed by atoms with E-state index in [1.165, 1.54) is 7.28 Å². The SMILES string of the molecule is [B]C(=O)NCc1ccc(CNC(=O)[B]c2ccc(Cl)cc2)cc1. The fourth-order valence-electron chi connectivity index (χ4n) is 1.91. The Morgan fingerprint density at radius 2 is 1.43 bits per heavy atom. The molecule has 2 N–H and O–H groups in total. The van der Waals surface area contributed by atoms with Gasteiger partial charge in [-0.25, -0.2) is 0 Å². The number of nitrogens with one attached hydrogen (secondary N) is 2. The maximum atomic E-state index is 11.9. The molecule has 7 heteroatoms. The van der Waals surface area contributed by atoms with Crippen LogP contribution in [0.2, 0.25) is 5.02 Å². The molecule has 0 spiro atoms. The number of carbonyl (C=O) groups is 2. The van der Waals surface area contributed by atoms with Gasteiger partial charge in [0.05, 0.1) is 0 Å². The average Bonchev–Trinajstić information content (AvgIpc) is 2.54. The van der Waals surface area contributed by atoms with Gasteiger partial charge in [-0.1, -0.05) is 53.5 Å². The molecule has 0 saturated heterocycles. The summed E-state index contributed by atoms with van der Waals surface area (Å²) in [5.41, 5.74) is 2.69. The summed E-state index contributed by atoms with van der Waals surface area (Å²) in [6, 6.07) is 14.6. The van der Waals surface area contributed by atoms with Crippen molar-refractivity contribution in [2.75, 3.05) is 0 Å². The summed E-state index contributed by atoms with van der Waals surface area (Å²) in [4.78, 5) is 22.5. The van der Waals surface area contributed by atoms with Gasteiger partial charge in [-0.05, 0) is 23.3 Å². The first-order chi connectivity index (χ1) is 11.0. The summed E-state index contributed by atoms with van der Waals surface area (Å²) < 4.78 is 0. The van der Waals surface area contributed by atoms with Crippen LogP contribution in [0.4, 0.5) is 9.59 Å². The second-order valence-electron chi connectivity index (χ2n) is 4.95. The summed E-state index contributed by atoms with van der Waals surface area (Å²) >= 11 is 5.80.